The van der Waals surface area contributed by atoms with E-state index < -0.39 is 0 Å². The van der Waals surface area contributed by atoms with Gasteiger partial charge < -0.3 is 5.73 Å². The first kappa shape index (κ1) is 16.7. The summed E-state index contributed by atoms with van der Waals surface area (Å²) >= 11 is 1.76. The van der Waals surface area contributed by atoms with Crippen LogP contribution >= 0.6 is 11.3 Å². The van der Waals surface area contributed by atoms with Crippen molar-refractivity contribution >= 4 is 27.4 Å². The van der Waals surface area contributed by atoms with Crippen molar-refractivity contribution in [3.05, 3.63) is 66.2 Å². The van der Waals surface area contributed by atoms with Gasteiger partial charge in [0, 0.05) is 15.8 Å². The first-order chi connectivity index (χ1) is 12.8. The molecule has 0 aliphatic rings. The van der Waals surface area contributed by atoms with Crippen LogP contribution in [0.15, 0.2) is 60.7 Å². The van der Waals surface area contributed by atoms with Crippen LogP contribution in [0.4, 0.5) is 5.95 Å². The molecule has 0 aliphatic carbocycles. The Kier molecular flexibility index (Phi) is 4.67. The van der Waals surface area contributed by atoms with E-state index in [1.807, 2.05) is 18.2 Å². The van der Waals surface area contributed by atoms with Crippen LogP contribution in [0.3, 0.4) is 0 Å². The minimum absolute atomic E-state index is 0.330. The molecule has 26 heavy (non-hydrogen) atoms. The third-order valence-electron chi connectivity index (χ3n) is 4.51. The van der Waals surface area contributed by atoms with E-state index in [2.05, 4.69) is 59.4 Å². The molecule has 0 radical (unpaired) electrons. The largest absolute Gasteiger partial charge is 0.368 e. The number of aromatic nitrogens is 2. The zero-order valence-electron chi connectivity index (χ0n) is 14.8. The van der Waals surface area contributed by atoms with Crippen LogP contribution in [0.2, 0.25) is 0 Å². The Morgan fingerprint density at radius 2 is 1.65 bits per heavy atom. The first-order valence-electron chi connectivity index (χ1n) is 8.97. The second-order valence-corrected chi connectivity index (χ2v) is 7.46. The molecule has 0 aliphatic heterocycles. The molecular weight excluding hydrogens is 338 g/mol. The van der Waals surface area contributed by atoms with E-state index in [0.717, 1.165) is 41.1 Å². The highest BCUT2D eigenvalue weighted by Gasteiger charge is 2.18. The van der Waals surface area contributed by atoms with Gasteiger partial charge in [-0.1, -0.05) is 61.9 Å². The second kappa shape index (κ2) is 7.26. The molecule has 4 rings (SSSR count). The number of thiophene rings is 1. The van der Waals surface area contributed by atoms with Gasteiger partial charge in [-0.05, 0) is 30.4 Å². The Bertz CT molecular complexity index is 1000. The fourth-order valence-corrected chi connectivity index (χ4v) is 4.31. The first-order valence-corrected chi connectivity index (χ1v) is 9.78. The van der Waals surface area contributed by atoms with Gasteiger partial charge >= 0.3 is 0 Å². The summed E-state index contributed by atoms with van der Waals surface area (Å²) in [7, 11) is 0. The van der Waals surface area contributed by atoms with Crippen LogP contribution in [0.25, 0.3) is 31.9 Å². The molecule has 2 aromatic heterocycles. The molecule has 0 amide bonds. The molecule has 4 heteroatoms. The van der Waals surface area contributed by atoms with Crippen molar-refractivity contribution in [2.45, 2.75) is 26.2 Å². The number of nitrogens with two attached hydrogens (primary N) is 1. The molecular formula is C22H21N3S. The summed E-state index contributed by atoms with van der Waals surface area (Å²) in [5.41, 5.74) is 10.3. The standard InChI is InChI=1S/C22H21N3S/c1-2-3-12-17-20(15-9-5-4-6-10-15)24-22(23)25-21(17)19-14-16-11-7-8-13-18(16)26-19/h4-11,13-14H,2-3,12H2,1H3,(H2,23,24,25). The van der Waals surface area contributed by atoms with Crippen molar-refractivity contribution in [2.24, 2.45) is 0 Å². The monoisotopic (exact) mass is 359 g/mol. The third-order valence-corrected chi connectivity index (χ3v) is 5.63. The molecule has 0 atom stereocenters. The van der Waals surface area contributed by atoms with Crippen LogP contribution in [-0.4, -0.2) is 9.97 Å². The van der Waals surface area contributed by atoms with Crippen LogP contribution in [0.1, 0.15) is 25.3 Å². The quantitative estimate of drug-likeness (QED) is 0.479. The number of hydrogen-bond donors (Lipinski definition) is 1. The van der Waals surface area contributed by atoms with E-state index in [4.69, 9.17) is 5.73 Å². The van der Waals surface area contributed by atoms with Crippen molar-refractivity contribution in [3.63, 3.8) is 0 Å². The SMILES string of the molecule is CCCCc1c(-c2ccccc2)nc(N)nc1-c1cc2ccccc2s1. The van der Waals surface area contributed by atoms with Gasteiger partial charge in [-0.15, -0.1) is 11.3 Å². The summed E-state index contributed by atoms with van der Waals surface area (Å²) in [6, 6.07) is 20.9. The summed E-state index contributed by atoms with van der Waals surface area (Å²) in [6.07, 6.45) is 3.18. The predicted octanol–water partition coefficient (Wildman–Crippen LogP) is 5.95. The molecule has 0 saturated carbocycles. The van der Waals surface area contributed by atoms with Crippen LogP contribution in [0, 0.1) is 0 Å². The van der Waals surface area contributed by atoms with E-state index >= 15 is 0 Å². The van der Waals surface area contributed by atoms with Gasteiger partial charge in [0.15, 0.2) is 0 Å². The number of anilines is 1. The summed E-state index contributed by atoms with van der Waals surface area (Å²) in [5.74, 6) is 0.330. The minimum atomic E-state index is 0.330. The van der Waals surface area contributed by atoms with Gasteiger partial charge in [-0.25, -0.2) is 9.97 Å². The van der Waals surface area contributed by atoms with Crippen molar-refractivity contribution in [3.8, 4) is 21.8 Å². The average Bonchev–Trinajstić information content (AvgIpc) is 3.11. The summed E-state index contributed by atoms with van der Waals surface area (Å²) in [4.78, 5) is 10.4. The lowest BCUT2D eigenvalue weighted by Crippen LogP contribution is -2.04. The lowest BCUT2D eigenvalue weighted by molar-refractivity contribution is 0.792. The number of nitrogens with zero attached hydrogens (tertiary/aromatic N) is 2. The van der Waals surface area contributed by atoms with Gasteiger partial charge in [0.1, 0.15) is 0 Å². The van der Waals surface area contributed by atoms with Crippen molar-refractivity contribution in [1.82, 2.24) is 9.97 Å². The molecule has 2 aromatic carbocycles. The maximum Gasteiger partial charge on any atom is 0.221 e. The van der Waals surface area contributed by atoms with Crippen LogP contribution in [0.5, 0.6) is 0 Å². The minimum Gasteiger partial charge on any atom is -0.368 e. The van der Waals surface area contributed by atoms with Gasteiger partial charge in [0.05, 0.1) is 16.3 Å². The van der Waals surface area contributed by atoms with E-state index in [-0.39, 0.29) is 0 Å². The molecule has 0 unspecified atom stereocenters. The number of unbranched alkanes of at least 4 members (excludes halogenated alkanes) is 1. The number of nitrogen functional groups attached to an aromatic ring is 1. The Hall–Kier alpha value is -2.72. The van der Waals surface area contributed by atoms with Crippen molar-refractivity contribution in [1.29, 1.82) is 0 Å². The number of fused-ring (bicyclic) bond motifs is 1. The summed E-state index contributed by atoms with van der Waals surface area (Å²) in [5, 5.41) is 1.24. The number of rotatable bonds is 5. The summed E-state index contributed by atoms with van der Waals surface area (Å²) < 4.78 is 1.27. The van der Waals surface area contributed by atoms with Gasteiger partial charge in [0.2, 0.25) is 5.95 Å². The Morgan fingerprint density at radius 1 is 0.923 bits per heavy atom. The highest BCUT2D eigenvalue weighted by Crippen LogP contribution is 2.37. The lowest BCUT2D eigenvalue weighted by Gasteiger charge is -2.13. The van der Waals surface area contributed by atoms with Crippen LogP contribution in [-0.2, 0) is 6.42 Å². The molecule has 4 aromatic rings. The predicted molar refractivity (Wildman–Crippen MR) is 111 cm³/mol. The zero-order valence-corrected chi connectivity index (χ0v) is 15.6. The fraction of sp³-hybridized carbons (Fsp3) is 0.182. The Balaban J connectivity index is 1.94. The van der Waals surface area contributed by atoms with E-state index in [1.54, 1.807) is 11.3 Å². The third kappa shape index (κ3) is 3.20. The number of hydrogen-bond acceptors (Lipinski definition) is 4. The van der Waals surface area contributed by atoms with Crippen molar-refractivity contribution < 1.29 is 0 Å². The molecule has 2 N–H and O–H groups in total. The van der Waals surface area contributed by atoms with Gasteiger partial charge in [0.25, 0.3) is 0 Å². The average molecular weight is 359 g/mol. The van der Waals surface area contributed by atoms with E-state index in [1.165, 1.54) is 15.6 Å². The van der Waals surface area contributed by atoms with Crippen molar-refractivity contribution in [2.75, 3.05) is 5.73 Å². The molecule has 0 spiro atoms. The highest BCUT2D eigenvalue weighted by atomic mass is 32.1. The Morgan fingerprint density at radius 3 is 2.42 bits per heavy atom. The maximum absolute atomic E-state index is 6.11. The van der Waals surface area contributed by atoms with E-state index in [9.17, 15) is 0 Å². The smallest absolute Gasteiger partial charge is 0.221 e. The second-order valence-electron chi connectivity index (χ2n) is 6.38. The number of benzene rings is 2. The molecule has 0 bridgehead atoms. The van der Waals surface area contributed by atoms with E-state index in [0.29, 0.717) is 5.95 Å². The summed E-state index contributed by atoms with van der Waals surface area (Å²) in [6.45, 7) is 2.21. The normalized spacial score (nSPS) is 11.1. The lowest BCUT2D eigenvalue weighted by atomic mass is 9.99. The van der Waals surface area contributed by atoms with Crippen LogP contribution < -0.4 is 5.73 Å². The van der Waals surface area contributed by atoms with Gasteiger partial charge in [-0.3, -0.25) is 0 Å². The molecule has 0 fully saturated rings. The molecule has 0 saturated heterocycles. The maximum atomic E-state index is 6.11. The Labute approximate surface area is 157 Å². The zero-order chi connectivity index (χ0) is 17.9. The molecule has 3 nitrogen and oxygen atoms in total. The molecule has 130 valence electrons. The highest BCUT2D eigenvalue weighted by molar-refractivity contribution is 7.22. The fourth-order valence-electron chi connectivity index (χ4n) is 3.23. The van der Waals surface area contributed by atoms with Gasteiger partial charge in [-0.2, -0.15) is 0 Å². The topological polar surface area (TPSA) is 51.8 Å². The molecule has 2 heterocycles.